The highest BCUT2D eigenvalue weighted by molar-refractivity contribution is 5.92. The first-order valence-corrected chi connectivity index (χ1v) is 6.72. The van der Waals surface area contributed by atoms with Crippen LogP contribution in [0.15, 0.2) is 34.9 Å². The maximum Gasteiger partial charge on any atom is 0.292 e. The molecule has 2 heterocycles. The summed E-state index contributed by atoms with van der Waals surface area (Å²) in [6.07, 6.45) is 0.838. The number of likely N-dealkylation sites (tertiary alicyclic amines) is 1. The molecule has 2 N–H and O–H groups in total. The molecule has 2 aromatic rings. The third kappa shape index (κ3) is 3.25. The van der Waals surface area contributed by atoms with Crippen molar-refractivity contribution in [2.24, 2.45) is 5.73 Å². The third-order valence-corrected chi connectivity index (χ3v) is 3.58. The smallest absolute Gasteiger partial charge is 0.292 e. The molecule has 0 aliphatic carbocycles. The molecule has 0 spiro atoms. The number of aryl methyl sites for hydroxylation is 1. The van der Waals surface area contributed by atoms with Crippen molar-refractivity contribution in [1.82, 2.24) is 10.1 Å². The molecule has 1 fully saturated rings. The van der Waals surface area contributed by atoms with Crippen molar-refractivity contribution in [3.8, 4) is 11.3 Å². The molecule has 5 nitrogen and oxygen atoms in total. The number of hydrogen-bond acceptors (Lipinski definition) is 4. The van der Waals surface area contributed by atoms with Crippen molar-refractivity contribution in [3.63, 3.8) is 0 Å². The van der Waals surface area contributed by atoms with Crippen molar-refractivity contribution in [3.05, 3.63) is 41.7 Å². The maximum atomic E-state index is 12.2. The SMILES string of the molecule is Cc1ccc(-c2cc(C(=O)N3CC[C@@H](N)C3)on2)cc1.Cl. The quantitative estimate of drug-likeness (QED) is 0.923. The van der Waals surface area contributed by atoms with Crippen molar-refractivity contribution in [2.75, 3.05) is 13.1 Å². The molecular weight excluding hydrogens is 290 g/mol. The van der Waals surface area contributed by atoms with E-state index in [9.17, 15) is 4.79 Å². The minimum absolute atomic E-state index is 0. The first kappa shape index (κ1) is 15.5. The maximum absolute atomic E-state index is 12.2. The highest BCUT2D eigenvalue weighted by atomic mass is 35.5. The fraction of sp³-hybridized carbons (Fsp3) is 0.333. The summed E-state index contributed by atoms with van der Waals surface area (Å²) in [6.45, 7) is 3.29. The molecule has 0 bridgehead atoms. The van der Waals surface area contributed by atoms with Gasteiger partial charge in [-0.15, -0.1) is 12.4 Å². The molecule has 112 valence electrons. The molecule has 0 unspecified atom stereocenters. The van der Waals surface area contributed by atoms with Gasteiger partial charge in [0.15, 0.2) is 0 Å². The number of carbonyl (C=O) groups is 1. The lowest BCUT2D eigenvalue weighted by Crippen LogP contribution is -2.31. The lowest BCUT2D eigenvalue weighted by atomic mass is 10.1. The number of carbonyl (C=O) groups excluding carboxylic acids is 1. The number of aromatic nitrogens is 1. The molecule has 1 aromatic carbocycles. The van der Waals surface area contributed by atoms with Gasteiger partial charge in [0.1, 0.15) is 5.69 Å². The molecule has 3 rings (SSSR count). The van der Waals surface area contributed by atoms with Crippen LogP contribution in [0.1, 0.15) is 22.5 Å². The number of halogens is 1. The van der Waals surface area contributed by atoms with Gasteiger partial charge in [0.05, 0.1) is 0 Å². The van der Waals surface area contributed by atoms with Crippen LogP contribution in [0.25, 0.3) is 11.3 Å². The zero-order valence-corrected chi connectivity index (χ0v) is 12.6. The van der Waals surface area contributed by atoms with Gasteiger partial charge < -0.3 is 15.2 Å². The van der Waals surface area contributed by atoms with Crippen LogP contribution in [0, 0.1) is 6.92 Å². The summed E-state index contributed by atoms with van der Waals surface area (Å²) in [5, 5.41) is 3.97. The molecule has 0 saturated carbocycles. The molecule has 0 radical (unpaired) electrons. The van der Waals surface area contributed by atoms with Gasteiger partial charge in [-0.25, -0.2) is 0 Å². The monoisotopic (exact) mass is 307 g/mol. The standard InChI is InChI=1S/C15H17N3O2.ClH/c1-10-2-4-11(5-3-10)13-8-14(20-17-13)15(19)18-7-6-12(16)9-18;/h2-5,8,12H,6-7,9,16H2,1H3;1H/t12-;/m1./s1. The number of benzene rings is 1. The van der Waals surface area contributed by atoms with Crippen LogP contribution < -0.4 is 5.73 Å². The molecule has 1 atom stereocenters. The number of nitrogens with zero attached hydrogens (tertiary/aromatic N) is 2. The largest absolute Gasteiger partial charge is 0.350 e. The third-order valence-electron chi connectivity index (χ3n) is 3.58. The van der Waals surface area contributed by atoms with E-state index in [1.807, 2.05) is 31.2 Å². The topological polar surface area (TPSA) is 72.4 Å². The highest BCUT2D eigenvalue weighted by Gasteiger charge is 2.27. The molecule has 1 saturated heterocycles. The van der Waals surface area contributed by atoms with Gasteiger partial charge in [-0.3, -0.25) is 4.79 Å². The van der Waals surface area contributed by atoms with E-state index in [0.29, 0.717) is 18.8 Å². The second kappa shape index (κ2) is 6.28. The summed E-state index contributed by atoms with van der Waals surface area (Å²) in [7, 11) is 0. The van der Waals surface area contributed by atoms with Crippen LogP contribution >= 0.6 is 12.4 Å². The minimum Gasteiger partial charge on any atom is -0.350 e. The highest BCUT2D eigenvalue weighted by Crippen LogP contribution is 2.21. The van der Waals surface area contributed by atoms with Crippen LogP contribution in [0.4, 0.5) is 0 Å². The Kier molecular flexibility index (Phi) is 4.65. The van der Waals surface area contributed by atoms with E-state index in [-0.39, 0.29) is 30.1 Å². The Hall–Kier alpha value is -1.85. The summed E-state index contributed by atoms with van der Waals surface area (Å²) in [6, 6.07) is 9.70. The van der Waals surface area contributed by atoms with Crippen LogP contribution in [-0.2, 0) is 0 Å². The van der Waals surface area contributed by atoms with Crippen molar-refractivity contribution >= 4 is 18.3 Å². The summed E-state index contributed by atoms with van der Waals surface area (Å²) in [5.41, 5.74) is 8.61. The number of nitrogens with two attached hydrogens (primary N) is 1. The van der Waals surface area contributed by atoms with Gasteiger partial charge in [0.2, 0.25) is 5.76 Å². The number of rotatable bonds is 2. The Morgan fingerprint density at radius 2 is 2.10 bits per heavy atom. The molecule has 21 heavy (non-hydrogen) atoms. The van der Waals surface area contributed by atoms with Gasteiger partial charge in [0.25, 0.3) is 5.91 Å². The van der Waals surface area contributed by atoms with E-state index in [1.165, 1.54) is 5.56 Å². The average molecular weight is 308 g/mol. The van der Waals surface area contributed by atoms with Gasteiger partial charge in [-0.2, -0.15) is 0 Å². The number of amides is 1. The van der Waals surface area contributed by atoms with E-state index in [1.54, 1.807) is 11.0 Å². The van der Waals surface area contributed by atoms with Crippen LogP contribution in [0.3, 0.4) is 0 Å². The first-order valence-electron chi connectivity index (χ1n) is 6.72. The van der Waals surface area contributed by atoms with Gasteiger partial charge in [-0.1, -0.05) is 35.0 Å². The predicted molar refractivity (Wildman–Crippen MR) is 82.4 cm³/mol. The van der Waals surface area contributed by atoms with Crippen molar-refractivity contribution in [2.45, 2.75) is 19.4 Å². The molecule has 1 aromatic heterocycles. The first-order chi connectivity index (χ1) is 9.63. The summed E-state index contributed by atoms with van der Waals surface area (Å²) >= 11 is 0. The van der Waals surface area contributed by atoms with Crippen LogP contribution in [0.2, 0.25) is 0 Å². The molecule has 6 heteroatoms. The van der Waals surface area contributed by atoms with E-state index >= 15 is 0 Å². The van der Waals surface area contributed by atoms with E-state index in [0.717, 1.165) is 12.0 Å². The Labute approximate surface area is 129 Å². The van der Waals surface area contributed by atoms with E-state index in [2.05, 4.69) is 5.16 Å². The van der Waals surface area contributed by atoms with E-state index < -0.39 is 0 Å². The fourth-order valence-corrected chi connectivity index (χ4v) is 2.36. The normalized spacial score (nSPS) is 17.6. The Morgan fingerprint density at radius 3 is 2.71 bits per heavy atom. The Bertz CT molecular complexity index is 624. The zero-order chi connectivity index (χ0) is 14.1. The fourth-order valence-electron chi connectivity index (χ4n) is 2.36. The second-order valence-corrected chi connectivity index (χ2v) is 5.24. The Balaban J connectivity index is 0.00000161. The van der Waals surface area contributed by atoms with Gasteiger partial charge in [-0.05, 0) is 13.3 Å². The predicted octanol–water partition coefficient (Wildman–Crippen LogP) is 2.25. The zero-order valence-electron chi connectivity index (χ0n) is 11.8. The van der Waals surface area contributed by atoms with Gasteiger partial charge in [0, 0.05) is 30.8 Å². The summed E-state index contributed by atoms with van der Waals surface area (Å²) in [5.74, 6) is 0.137. The second-order valence-electron chi connectivity index (χ2n) is 5.24. The van der Waals surface area contributed by atoms with Crippen molar-refractivity contribution in [1.29, 1.82) is 0 Å². The lowest BCUT2D eigenvalue weighted by Gasteiger charge is -2.12. The van der Waals surface area contributed by atoms with Crippen molar-refractivity contribution < 1.29 is 9.32 Å². The molecule has 1 aliphatic rings. The lowest BCUT2D eigenvalue weighted by molar-refractivity contribution is 0.0749. The van der Waals surface area contributed by atoms with Gasteiger partial charge >= 0.3 is 0 Å². The average Bonchev–Trinajstić information content (AvgIpc) is 3.08. The number of hydrogen-bond donors (Lipinski definition) is 1. The van der Waals surface area contributed by atoms with E-state index in [4.69, 9.17) is 10.3 Å². The van der Waals surface area contributed by atoms with Crippen LogP contribution in [0.5, 0.6) is 0 Å². The summed E-state index contributed by atoms with van der Waals surface area (Å²) in [4.78, 5) is 13.9. The summed E-state index contributed by atoms with van der Waals surface area (Å²) < 4.78 is 5.18. The van der Waals surface area contributed by atoms with Crippen LogP contribution in [-0.4, -0.2) is 35.1 Å². The molecular formula is C15H18ClN3O2. The minimum atomic E-state index is -0.135. The molecule has 1 amide bonds. The molecule has 1 aliphatic heterocycles. The Morgan fingerprint density at radius 1 is 1.38 bits per heavy atom.